The van der Waals surface area contributed by atoms with Crippen LogP contribution in [0.5, 0.6) is 5.75 Å². The van der Waals surface area contributed by atoms with Gasteiger partial charge in [-0.15, -0.1) is 0 Å². The van der Waals surface area contributed by atoms with E-state index in [0.717, 1.165) is 31.8 Å². The average molecular weight is 543 g/mol. The summed E-state index contributed by atoms with van der Waals surface area (Å²) in [6.45, 7) is 8.19. The van der Waals surface area contributed by atoms with Crippen molar-refractivity contribution in [2.24, 2.45) is 0 Å². The number of hydrogen-bond donors (Lipinski definition) is 0. The maximum absolute atomic E-state index is 6.19. The number of unbranched alkanes of at least 4 members (excludes halogenated alkanes) is 12. The van der Waals surface area contributed by atoms with Crippen LogP contribution in [0.2, 0.25) is 0 Å². The lowest BCUT2D eigenvalue weighted by Crippen LogP contribution is -2.02. The molecule has 0 aromatic heterocycles. The summed E-state index contributed by atoms with van der Waals surface area (Å²) >= 11 is 0. The van der Waals surface area contributed by atoms with E-state index >= 15 is 0 Å². The van der Waals surface area contributed by atoms with Crippen molar-refractivity contribution in [1.82, 2.24) is 0 Å². The van der Waals surface area contributed by atoms with Gasteiger partial charge in [-0.2, -0.15) is 0 Å². The Morgan fingerprint density at radius 2 is 0.975 bits per heavy atom. The topological polar surface area (TPSA) is 18.5 Å². The maximum Gasteiger partial charge on any atom is 0.119 e. The van der Waals surface area contributed by atoms with Crippen molar-refractivity contribution >= 4 is 0 Å². The van der Waals surface area contributed by atoms with Crippen LogP contribution < -0.4 is 4.74 Å². The van der Waals surface area contributed by atoms with Crippen molar-refractivity contribution in [1.29, 1.82) is 0 Å². The van der Waals surface area contributed by atoms with E-state index in [-0.39, 0.29) is 6.10 Å². The summed E-state index contributed by atoms with van der Waals surface area (Å²) in [6.07, 6.45) is 19.1. The molecule has 1 atom stereocenters. The standard InChI is InChI=1S/C38H54O2/c1-4-6-7-8-9-10-11-12-13-14-15-16-19-31-39-32(3)33-22-24-34(25-23-33)37-20-17-18-21-38(37)35-26-28-36(29-27-35)40-30-5-2/h17-18,20-29,32H,4-16,19,30-31H2,1-3H3. The fraction of sp³-hybridized carbons (Fsp3) is 0.526. The summed E-state index contributed by atoms with van der Waals surface area (Å²) < 4.78 is 12.0. The summed E-state index contributed by atoms with van der Waals surface area (Å²) in [5.41, 5.74) is 6.17. The summed E-state index contributed by atoms with van der Waals surface area (Å²) in [6, 6.07) is 26.0. The minimum absolute atomic E-state index is 0.122. The van der Waals surface area contributed by atoms with E-state index in [9.17, 15) is 0 Å². The Morgan fingerprint density at radius 3 is 1.48 bits per heavy atom. The first-order valence-electron chi connectivity index (χ1n) is 16.3. The molecule has 0 heterocycles. The van der Waals surface area contributed by atoms with E-state index in [1.807, 2.05) is 0 Å². The van der Waals surface area contributed by atoms with Crippen molar-refractivity contribution in [3.63, 3.8) is 0 Å². The third kappa shape index (κ3) is 11.5. The molecule has 0 radical (unpaired) electrons. The normalized spacial score (nSPS) is 12.0. The SMILES string of the molecule is CCCCCCCCCCCCCCCOC(C)c1ccc(-c2ccccc2-c2ccc(OCCC)cc2)cc1. The summed E-state index contributed by atoms with van der Waals surface area (Å²) in [5.74, 6) is 0.931. The van der Waals surface area contributed by atoms with E-state index in [1.165, 1.54) is 105 Å². The zero-order valence-corrected chi connectivity index (χ0v) is 25.6. The molecule has 3 aromatic carbocycles. The van der Waals surface area contributed by atoms with Gasteiger partial charge < -0.3 is 9.47 Å². The fourth-order valence-electron chi connectivity index (χ4n) is 5.35. The minimum Gasteiger partial charge on any atom is -0.494 e. The van der Waals surface area contributed by atoms with Crippen LogP contribution in [0, 0.1) is 0 Å². The van der Waals surface area contributed by atoms with Crippen LogP contribution in [0.1, 0.15) is 122 Å². The Bertz CT molecular complexity index is 1040. The minimum atomic E-state index is 0.122. The zero-order valence-electron chi connectivity index (χ0n) is 25.6. The molecule has 0 bridgehead atoms. The van der Waals surface area contributed by atoms with E-state index in [1.54, 1.807) is 0 Å². The van der Waals surface area contributed by atoms with Gasteiger partial charge in [0.2, 0.25) is 0 Å². The molecule has 0 aliphatic heterocycles. The van der Waals surface area contributed by atoms with Gasteiger partial charge >= 0.3 is 0 Å². The van der Waals surface area contributed by atoms with E-state index in [0.29, 0.717) is 0 Å². The molecule has 0 aliphatic rings. The lowest BCUT2D eigenvalue weighted by atomic mass is 9.94. The Morgan fingerprint density at radius 1 is 0.500 bits per heavy atom. The summed E-state index contributed by atoms with van der Waals surface area (Å²) in [5, 5.41) is 0. The van der Waals surface area contributed by atoms with Gasteiger partial charge in [-0.25, -0.2) is 0 Å². The molecule has 0 saturated heterocycles. The first-order chi connectivity index (χ1) is 19.7. The van der Waals surface area contributed by atoms with E-state index in [4.69, 9.17) is 9.47 Å². The molecule has 40 heavy (non-hydrogen) atoms. The highest BCUT2D eigenvalue weighted by atomic mass is 16.5. The van der Waals surface area contributed by atoms with Crippen LogP contribution >= 0.6 is 0 Å². The Kier molecular flexibility index (Phi) is 15.6. The highest BCUT2D eigenvalue weighted by Gasteiger charge is 2.10. The predicted octanol–water partition coefficient (Wildman–Crippen LogP) is 12.0. The summed E-state index contributed by atoms with van der Waals surface area (Å²) in [4.78, 5) is 0. The van der Waals surface area contributed by atoms with Crippen LogP contribution in [-0.4, -0.2) is 13.2 Å². The number of benzene rings is 3. The van der Waals surface area contributed by atoms with Gasteiger partial charge in [0.05, 0.1) is 12.7 Å². The molecule has 0 aliphatic carbocycles. The van der Waals surface area contributed by atoms with Crippen LogP contribution in [0.25, 0.3) is 22.3 Å². The first kappa shape index (κ1) is 31.9. The second kappa shape index (κ2) is 19.5. The summed E-state index contributed by atoms with van der Waals surface area (Å²) in [7, 11) is 0. The predicted molar refractivity (Wildman–Crippen MR) is 173 cm³/mol. The number of ether oxygens (including phenoxy) is 2. The molecule has 2 nitrogen and oxygen atoms in total. The molecule has 1 unspecified atom stereocenters. The van der Waals surface area contributed by atoms with E-state index < -0.39 is 0 Å². The van der Waals surface area contributed by atoms with Gasteiger partial charge in [0, 0.05) is 6.61 Å². The van der Waals surface area contributed by atoms with Gasteiger partial charge in [0.1, 0.15) is 5.75 Å². The van der Waals surface area contributed by atoms with Crippen LogP contribution in [0.3, 0.4) is 0 Å². The molecule has 2 heteroatoms. The van der Waals surface area contributed by atoms with Crippen molar-refractivity contribution in [2.45, 2.75) is 117 Å². The second-order valence-corrected chi connectivity index (χ2v) is 11.3. The molecular formula is C38H54O2. The van der Waals surface area contributed by atoms with Crippen molar-refractivity contribution in [3.05, 3.63) is 78.4 Å². The molecule has 0 spiro atoms. The van der Waals surface area contributed by atoms with Crippen LogP contribution in [0.15, 0.2) is 72.8 Å². The Hall–Kier alpha value is -2.58. The molecule has 0 N–H and O–H groups in total. The van der Waals surface area contributed by atoms with Gasteiger partial charge in [-0.05, 0) is 59.7 Å². The van der Waals surface area contributed by atoms with Crippen molar-refractivity contribution < 1.29 is 9.47 Å². The highest BCUT2D eigenvalue weighted by molar-refractivity contribution is 5.83. The highest BCUT2D eigenvalue weighted by Crippen LogP contribution is 2.33. The zero-order chi connectivity index (χ0) is 28.3. The van der Waals surface area contributed by atoms with Gasteiger partial charge in [0.25, 0.3) is 0 Å². The van der Waals surface area contributed by atoms with Gasteiger partial charge in [-0.1, -0.05) is 152 Å². The van der Waals surface area contributed by atoms with Crippen LogP contribution in [0.4, 0.5) is 0 Å². The average Bonchev–Trinajstić information content (AvgIpc) is 3.00. The number of hydrogen-bond acceptors (Lipinski definition) is 2. The number of rotatable bonds is 21. The maximum atomic E-state index is 6.19. The third-order valence-corrected chi connectivity index (χ3v) is 7.87. The molecule has 218 valence electrons. The second-order valence-electron chi connectivity index (χ2n) is 11.3. The monoisotopic (exact) mass is 542 g/mol. The third-order valence-electron chi connectivity index (χ3n) is 7.87. The quantitative estimate of drug-likeness (QED) is 0.125. The van der Waals surface area contributed by atoms with Gasteiger partial charge in [-0.3, -0.25) is 0 Å². The molecule has 3 rings (SSSR count). The van der Waals surface area contributed by atoms with Gasteiger partial charge in [0.15, 0.2) is 0 Å². The lowest BCUT2D eigenvalue weighted by Gasteiger charge is -2.15. The van der Waals surface area contributed by atoms with Crippen molar-refractivity contribution in [3.8, 4) is 28.0 Å². The lowest BCUT2D eigenvalue weighted by molar-refractivity contribution is 0.0627. The smallest absolute Gasteiger partial charge is 0.119 e. The van der Waals surface area contributed by atoms with E-state index in [2.05, 4.69) is 93.6 Å². The van der Waals surface area contributed by atoms with Crippen molar-refractivity contribution in [2.75, 3.05) is 13.2 Å². The Balaban J connectivity index is 1.36. The molecular weight excluding hydrogens is 488 g/mol. The molecule has 0 fully saturated rings. The molecule has 0 amide bonds. The Labute approximate surface area is 245 Å². The molecule has 3 aromatic rings. The first-order valence-corrected chi connectivity index (χ1v) is 16.3. The molecule has 0 saturated carbocycles. The largest absolute Gasteiger partial charge is 0.494 e. The van der Waals surface area contributed by atoms with Crippen LogP contribution in [-0.2, 0) is 4.74 Å². The fourth-order valence-corrected chi connectivity index (χ4v) is 5.35.